The highest BCUT2D eigenvalue weighted by Gasteiger charge is 2.04. The summed E-state index contributed by atoms with van der Waals surface area (Å²) in [4.78, 5) is 20.5. The van der Waals surface area contributed by atoms with Crippen LogP contribution in [0, 0.1) is 0 Å². The van der Waals surface area contributed by atoms with E-state index in [0.29, 0.717) is 18.8 Å². The number of hydrogen-bond acceptors (Lipinski definition) is 4. The third kappa shape index (κ3) is 5.81. The lowest BCUT2D eigenvalue weighted by Gasteiger charge is -2.10. The molecule has 1 aromatic carbocycles. The highest BCUT2D eigenvalue weighted by molar-refractivity contribution is 5.89. The fraction of sp³-hybridized carbons (Fsp3) is 0.227. The van der Waals surface area contributed by atoms with E-state index in [0.717, 1.165) is 35.4 Å². The minimum atomic E-state index is -0.262. The number of ether oxygens (including phenoxy) is 1. The number of carbonyl (C=O) groups excluding carboxylic acids is 1. The number of carbonyl (C=O) groups is 1. The molecular weight excluding hydrogens is 352 g/mol. The van der Waals surface area contributed by atoms with E-state index in [4.69, 9.17) is 4.74 Å². The van der Waals surface area contributed by atoms with Crippen molar-refractivity contribution in [2.24, 2.45) is 0 Å². The topological polar surface area (TPSA) is 76.1 Å². The van der Waals surface area contributed by atoms with Crippen LogP contribution < -0.4 is 15.4 Å². The Labute approximate surface area is 165 Å². The first-order valence-electron chi connectivity index (χ1n) is 9.37. The number of nitrogens with zero attached hydrogens (tertiary/aromatic N) is 2. The van der Waals surface area contributed by atoms with Crippen molar-refractivity contribution >= 4 is 11.7 Å². The second kappa shape index (κ2) is 10.1. The number of unbranched alkanes of at least 4 members (excludes halogenated alkanes) is 1. The van der Waals surface area contributed by atoms with Gasteiger partial charge in [-0.15, -0.1) is 0 Å². The monoisotopic (exact) mass is 376 g/mol. The first-order chi connectivity index (χ1) is 13.7. The summed E-state index contributed by atoms with van der Waals surface area (Å²) < 4.78 is 5.62. The molecule has 0 bridgehead atoms. The summed E-state index contributed by atoms with van der Waals surface area (Å²) in [5.41, 5.74) is 3.52. The molecule has 0 spiro atoms. The predicted molar refractivity (Wildman–Crippen MR) is 110 cm³/mol. The van der Waals surface area contributed by atoms with Gasteiger partial charge in [0.2, 0.25) is 0 Å². The second-order valence-electron chi connectivity index (χ2n) is 6.32. The highest BCUT2D eigenvalue weighted by atomic mass is 16.5. The van der Waals surface area contributed by atoms with Crippen molar-refractivity contribution < 1.29 is 9.53 Å². The molecule has 2 amide bonds. The SMILES string of the molecule is CCCCOc1ccc(NC(=O)NCc2ccnc(-c3ccncc3)c2)cc1. The van der Waals surface area contributed by atoms with Crippen LogP contribution >= 0.6 is 0 Å². The molecule has 3 aromatic rings. The summed E-state index contributed by atoms with van der Waals surface area (Å²) in [6.07, 6.45) is 7.33. The lowest BCUT2D eigenvalue weighted by atomic mass is 10.1. The average molecular weight is 376 g/mol. The highest BCUT2D eigenvalue weighted by Crippen LogP contribution is 2.17. The van der Waals surface area contributed by atoms with Crippen LogP contribution in [-0.4, -0.2) is 22.6 Å². The number of pyridine rings is 2. The molecule has 0 saturated carbocycles. The summed E-state index contributed by atoms with van der Waals surface area (Å²) in [6.45, 7) is 3.24. The molecule has 6 heteroatoms. The van der Waals surface area contributed by atoms with Crippen molar-refractivity contribution in [1.82, 2.24) is 15.3 Å². The molecule has 144 valence electrons. The van der Waals surface area contributed by atoms with Crippen LogP contribution in [0.4, 0.5) is 10.5 Å². The number of anilines is 1. The molecule has 0 atom stereocenters. The van der Waals surface area contributed by atoms with E-state index >= 15 is 0 Å². The Hall–Kier alpha value is -3.41. The normalized spacial score (nSPS) is 10.3. The van der Waals surface area contributed by atoms with Crippen LogP contribution in [0.2, 0.25) is 0 Å². The van der Waals surface area contributed by atoms with Crippen molar-refractivity contribution in [3.63, 3.8) is 0 Å². The largest absolute Gasteiger partial charge is 0.494 e. The van der Waals surface area contributed by atoms with Crippen molar-refractivity contribution in [2.75, 3.05) is 11.9 Å². The third-order valence-electron chi connectivity index (χ3n) is 4.13. The maximum atomic E-state index is 12.2. The van der Waals surface area contributed by atoms with E-state index in [9.17, 15) is 4.79 Å². The minimum Gasteiger partial charge on any atom is -0.494 e. The minimum absolute atomic E-state index is 0.262. The Balaban J connectivity index is 1.50. The van der Waals surface area contributed by atoms with Crippen LogP contribution in [0.5, 0.6) is 5.75 Å². The maximum Gasteiger partial charge on any atom is 0.319 e. The Kier molecular flexibility index (Phi) is 6.95. The molecule has 2 heterocycles. The van der Waals surface area contributed by atoms with Crippen molar-refractivity contribution in [2.45, 2.75) is 26.3 Å². The molecule has 0 unspecified atom stereocenters. The smallest absolute Gasteiger partial charge is 0.319 e. The van der Waals surface area contributed by atoms with Gasteiger partial charge in [0.1, 0.15) is 5.75 Å². The van der Waals surface area contributed by atoms with E-state index in [-0.39, 0.29) is 6.03 Å². The molecule has 2 N–H and O–H groups in total. The lowest BCUT2D eigenvalue weighted by molar-refractivity contribution is 0.251. The van der Waals surface area contributed by atoms with Crippen LogP contribution in [0.1, 0.15) is 25.3 Å². The zero-order valence-corrected chi connectivity index (χ0v) is 15.9. The van der Waals surface area contributed by atoms with Gasteiger partial charge < -0.3 is 15.4 Å². The van der Waals surface area contributed by atoms with Gasteiger partial charge in [0.05, 0.1) is 12.3 Å². The third-order valence-corrected chi connectivity index (χ3v) is 4.13. The van der Waals surface area contributed by atoms with Crippen LogP contribution in [-0.2, 0) is 6.54 Å². The standard InChI is InChI=1S/C22H24N4O2/c1-2-3-14-28-20-6-4-19(5-7-20)26-22(27)25-16-17-8-13-24-21(15-17)18-9-11-23-12-10-18/h4-13,15H,2-3,14,16H2,1H3,(H2,25,26,27). The zero-order valence-electron chi connectivity index (χ0n) is 15.9. The number of benzene rings is 1. The number of amides is 2. The van der Waals surface area contributed by atoms with Gasteiger partial charge in [-0.05, 0) is 60.5 Å². The number of rotatable bonds is 8. The molecule has 0 radical (unpaired) electrons. The molecule has 28 heavy (non-hydrogen) atoms. The van der Waals surface area contributed by atoms with Crippen LogP contribution in [0.15, 0.2) is 67.1 Å². The fourth-order valence-electron chi connectivity index (χ4n) is 2.59. The Morgan fingerprint density at radius 1 is 1.04 bits per heavy atom. The van der Waals surface area contributed by atoms with E-state index in [2.05, 4.69) is 27.5 Å². The van der Waals surface area contributed by atoms with Crippen molar-refractivity contribution in [3.05, 3.63) is 72.7 Å². The van der Waals surface area contributed by atoms with Gasteiger partial charge in [-0.2, -0.15) is 0 Å². The summed E-state index contributed by atoms with van der Waals surface area (Å²) in [5, 5.41) is 5.68. The molecular formula is C22H24N4O2. The Bertz CT molecular complexity index is 883. The van der Waals surface area contributed by atoms with Crippen LogP contribution in [0.3, 0.4) is 0 Å². The Morgan fingerprint density at radius 3 is 2.57 bits per heavy atom. The maximum absolute atomic E-state index is 12.2. The van der Waals surface area contributed by atoms with Crippen molar-refractivity contribution in [3.8, 4) is 17.0 Å². The van der Waals surface area contributed by atoms with Gasteiger partial charge in [-0.3, -0.25) is 9.97 Å². The van der Waals surface area contributed by atoms with Crippen LogP contribution in [0.25, 0.3) is 11.3 Å². The number of nitrogens with one attached hydrogen (secondary N) is 2. The molecule has 0 aliphatic carbocycles. The summed E-state index contributed by atoms with van der Waals surface area (Å²) in [5.74, 6) is 0.805. The quantitative estimate of drug-likeness (QED) is 0.561. The van der Waals surface area contributed by atoms with Gasteiger partial charge in [-0.1, -0.05) is 13.3 Å². The second-order valence-corrected chi connectivity index (χ2v) is 6.32. The summed E-state index contributed by atoms with van der Waals surface area (Å²) in [6, 6.07) is 14.8. The molecule has 6 nitrogen and oxygen atoms in total. The predicted octanol–water partition coefficient (Wildman–Crippen LogP) is 4.64. The van der Waals surface area contributed by atoms with Gasteiger partial charge in [0.25, 0.3) is 0 Å². The molecule has 2 aromatic heterocycles. The molecule has 0 saturated heterocycles. The summed E-state index contributed by atoms with van der Waals surface area (Å²) in [7, 11) is 0. The van der Waals surface area contributed by atoms with E-state index in [1.54, 1.807) is 18.6 Å². The first kappa shape index (κ1) is 19.4. The first-order valence-corrected chi connectivity index (χ1v) is 9.37. The Morgan fingerprint density at radius 2 is 1.82 bits per heavy atom. The van der Waals surface area contributed by atoms with E-state index in [1.807, 2.05) is 48.5 Å². The lowest BCUT2D eigenvalue weighted by Crippen LogP contribution is -2.28. The molecule has 0 aliphatic heterocycles. The van der Waals surface area contributed by atoms with Gasteiger partial charge in [0.15, 0.2) is 0 Å². The van der Waals surface area contributed by atoms with E-state index < -0.39 is 0 Å². The fourth-order valence-corrected chi connectivity index (χ4v) is 2.59. The zero-order chi connectivity index (χ0) is 19.6. The molecule has 3 rings (SSSR count). The van der Waals surface area contributed by atoms with Gasteiger partial charge in [-0.25, -0.2) is 4.79 Å². The average Bonchev–Trinajstić information content (AvgIpc) is 2.75. The number of hydrogen-bond donors (Lipinski definition) is 2. The van der Waals surface area contributed by atoms with Crippen molar-refractivity contribution in [1.29, 1.82) is 0 Å². The summed E-state index contributed by atoms with van der Waals surface area (Å²) >= 11 is 0. The molecule has 0 aliphatic rings. The number of aromatic nitrogens is 2. The van der Waals surface area contributed by atoms with E-state index in [1.165, 1.54) is 0 Å². The van der Waals surface area contributed by atoms with Gasteiger partial charge in [0, 0.05) is 36.4 Å². The molecule has 0 fully saturated rings. The van der Waals surface area contributed by atoms with Gasteiger partial charge >= 0.3 is 6.03 Å². The number of urea groups is 1.